The van der Waals surface area contributed by atoms with E-state index >= 15 is 0 Å². The van der Waals surface area contributed by atoms with Gasteiger partial charge in [-0.1, -0.05) is 26.0 Å². The van der Waals surface area contributed by atoms with Crippen LogP contribution >= 0.6 is 0 Å². The molecule has 1 fully saturated rings. The third-order valence-electron chi connectivity index (χ3n) is 4.44. The van der Waals surface area contributed by atoms with Crippen molar-refractivity contribution >= 4 is 0 Å². The summed E-state index contributed by atoms with van der Waals surface area (Å²) < 4.78 is 13.7. The van der Waals surface area contributed by atoms with Crippen LogP contribution in [0.1, 0.15) is 43.9 Å². The molecule has 1 aliphatic rings. The van der Waals surface area contributed by atoms with Gasteiger partial charge in [-0.25, -0.2) is 4.39 Å². The van der Waals surface area contributed by atoms with Gasteiger partial charge in [0.05, 0.1) is 0 Å². The first-order valence-corrected chi connectivity index (χ1v) is 7.57. The second kappa shape index (κ2) is 6.23. The van der Waals surface area contributed by atoms with Crippen LogP contribution in [0.3, 0.4) is 0 Å². The monoisotopic (exact) mass is 278 g/mol. The van der Waals surface area contributed by atoms with Gasteiger partial charge in [-0.3, -0.25) is 0 Å². The van der Waals surface area contributed by atoms with Crippen molar-refractivity contribution in [2.24, 2.45) is 5.41 Å². The van der Waals surface area contributed by atoms with Crippen LogP contribution in [0.4, 0.5) is 4.39 Å². The smallest absolute Gasteiger partial charge is 0.126 e. The normalized spacial score (nSPS) is 20.2. The predicted octanol–water partition coefficient (Wildman–Crippen LogP) is 3.52. The first kappa shape index (κ1) is 15.5. The Hall–Kier alpha value is -0.930. The van der Waals surface area contributed by atoms with E-state index in [1.165, 1.54) is 19.5 Å². The Bertz CT molecular complexity index is 456. The average Bonchev–Trinajstić information content (AvgIpc) is 2.74. The summed E-state index contributed by atoms with van der Waals surface area (Å²) >= 11 is 0. The van der Waals surface area contributed by atoms with Crippen molar-refractivity contribution in [3.8, 4) is 0 Å². The molecule has 2 rings (SSSR count). The molecule has 0 spiro atoms. The summed E-state index contributed by atoms with van der Waals surface area (Å²) in [7, 11) is 1.95. The highest BCUT2D eigenvalue weighted by molar-refractivity contribution is 5.25. The van der Waals surface area contributed by atoms with E-state index in [2.05, 4.69) is 24.1 Å². The van der Waals surface area contributed by atoms with Gasteiger partial charge in [0.25, 0.3) is 0 Å². The summed E-state index contributed by atoms with van der Waals surface area (Å²) in [6.07, 6.45) is 2.30. The second-order valence-electron chi connectivity index (χ2n) is 6.83. The predicted molar refractivity (Wildman–Crippen MR) is 82.4 cm³/mol. The number of likely N-dealkylation sites (tertiary alicyclic amines) is 1. The van der Waals surface area contributed by atoms with E-state index in [1.54, 1.807) is 13.0 Å². The molecule has 0 aromatic heterocycles. The van der Waals surface area contributed by atoms with E-state index in [9.17, 15) is 4.39 Å². The van der Waals surface area contributed by atoms with Crippen LogP contribution in [0.15, 0.2) is 18.2 Å². The molecule has 112 valence electrons. The first-order chi connectivity index (χ1) is 9.41. The third kappa shape index (κ3) is 3.80. The summed E-state index contributed by atoms with van der Waals surface area (Å²) in [6.45, 7) is 9.90. The first-order valence-electron chi connectivity index (χ1n) is 7.57. The van der Waals surface area contributed by atoms with Crippen molar-refractivity contribution in [2.45, 2.75) is 39.7 Å². The fraction of sp³-hybridized carbons (Fsp3) is 0.647. The Balaban J connectivity index is 1.94. The van der Waals surface area contributed by atoms with Crippen LogP contribution < -0.4 is 5.32 Å². The lowest BCUT2D eigenvalue weighted by Crippen LogP contribution is -2.28. The highest BCUT2D eigenvalue weighted by Crippen LogP contribution is 2.29. The molecule has 1 atom stereocenters. The topological polar surface area (TPSA) is 15.3 Å². The van der Waals surface area contributed by atoms with Crippen LogP contribution in [0.25, 0.3) is 0 Å². The largest absolute Gasteiger partial charge is 0.313 e. The lowest BCUT2D eigenvalue weighted by molar-refractivity contribution is 0.276. The number of rotatable bonds is 5. The van der Waals surface area contributed by atoms with Gasteiger partial charge in [0.15, 0.2) is 0 Å². The highest BCUT2D eigenvalue weighted by atomic mass is 19.1. The van der Waals surface area contributed by atoms with E-state index in [-0.39, 0.29) is 11.9 Å². The minimum atomic E-state index is -0.106. The highest BCUT2D eigenvalue weighted by Gasteiger charge is 2.29. The van der Waals surface area contributed by atoms with Crippen molar-refractivity contribution in [3.63, 3.8) is 0 Å². The Morgan fingerprint density at radius 3 is 2.70 bits per heavy atom. The molecule has 20 heavy (non-hydrogen) atoms. The number of aryl methyl sites for hydroxylation is 1. The SMILES string of the molecule is CNC(CCN1CCC(C)(C)C1)c1ccc(C)c(F)c1. The summed E-state index contributed by atoms with van der Waals surface area (Å²) in [5, 5.41) is 3.32. The van der Waals surface area contributed by atoms with Gasteiger partial charge in [0.1, 0.15) is 5.82 Å². The van der Waals surface area contributed by atoms with E-state index in [0.717, 1.165) is 18.5 Å². The molecule has 2 nitrogen and oxygen atoms in total. The molecular weight excluding hydrogens is 251 g/mol. The van der Waals surface area contributed by atoms with Gasteiger partial charge >= 0.3 is 0 Å². The fourth-order valence-corrected chi connectivity index (χ4v) is 3.03. The summed E-state index contributed by atoms with van der Waals surface area (Å²) in [6, 6.07) is 5.81. The minimum Gasteiger partial charge on any atom is -0.313 e. The molecule has 0 saturated carbocycles. The molecule has 1 aromatic rings. The van der Waals surface area contributed by atoms with E-state index < -0.39 is 0 Å². The van der Waals surface area contributed by atoms with Crippen molar-refractivity contribution < 1.29 is 4.39 Å². The number of hydrogen-bond acceptors (Lipinski definition) is 2. The van der Waals surface area contributed by atoms with Crippen LogP contribution in [0.5, 0.6) is 0 Å². The number of halogens is 1. The van der Waals surface area contributed by atoms with Crippen LogP contribution in [-0.4, -0.2) is 31.6 Å². The molecule has 0 amide bonds. The Kier molecular flexibility index (Phi) is 4.82. The van der Waals surface area contributed by atoms with Gasteiger partial charge in [0.2, 0.25) is 0 Å². The number of benzene rings is 1. The molecule has 1 N–H and O–H groups in total. The van der Waals surface area contributed by atoms with E-state index in [1.807, 2.05) is 19.2 Å². The van der Waals surface area contributed by atoms with Crippen molar-refractivity contribution in [3.05, 3.63) is 35.1 Å². The number of nitrogens with zero attached hydrogens (tertiary/aromatic N) is 1. The fourth-order valence-electron chi connectivity index (χ4n) is 3.03. The second-order valence-corrected chi connectivity index (χ2v) is 6.83. The molecule has 3 heteroatoms. The maximum absolute atomic E-state index is 13.7. The minimum absolute atomic E-state index is 0.106. The van der Waals surface area contributed by atoms with Crippen LogP contribution in [0, 0.1) is 18.2 Å². The summed E-state index contributed by atoms with van der Waals surface area (Å²) in [5.74, 6) is -0.106. The van der Waals surface area contributed by atoms with Crippen molar-refractivity contribution in [1.29, 1.82) is 0 Å². The zero-order valence-corrected chi connectivity index (χ0v) is 13.2. The molecule has 1 saturated heterocycles. The Morgan fingerprint density at radius 1 is 1.40 bits per heavy atom. The van der Waals surface area contributed by atoms with Crippen molar-refractivity contribution in [1.82, 2.24) is 10.2 Å². The van der Waals surface area contributed by atoms with Crippen LogP contribution in [-0.2, 0) is 0 Å². The molecule has 0 aliphatic carbocycles. The molecule has 1 unspecified atom stereocenters. The molecular formula is C17H27FN2. The molecule has 0 bridgehead atoms. The van der Waals surface area contributed by atoms with E-state index in [0.29, 0.717) is 11.0 Å². The molecule has 1 aliphatic heterocycles. The molecule has 1 heterocycles. The van der Waals surface area contributed by atoms with Gasteiger partial charge in [-0.05, 0) is 62.5 Å². The van der Waals surface area contributed by atoms with Gasteiger partial charge in [-0.15, -0.1) is 0 Å². The third-order valence-corrected chi connectivity index (χ3v) is 4.44. The Labute approximate surface area is 122 Å². The summed E-state index contributed by atoms with van der Waals surface area (Å²) in [4.78, 5) is 2.52. The van der Waals surface area contributed by atoms with Gasteiger partial charge in [-0.2, -0.15) is 0 Å². The van der Waals surface area contributed by atoms with E-state index in [4.69, 9.17) is 0 Å². The lowest BCUT2D eigenvalue weighted by atomic mass is 9.93. The van der Waals surface area contributed by atoms with Gasteiger partial charge in [0, 0.05) is 12.6 Å². The molecule has 1 aromatic carbocycles. The van der Waals surface area contributed by atoms with Crippen LogP contribution in [0.2, 0.25) is 0 Å². The lowest BCUT2D eigenvalue weighted by Gasteiger charge is -2.23. The van der Waals surface area contributed by atoms with Crippen molar-refractivity contribution in [2.75, 3.05) is 26.7 Å². The number of hydrogen-bond donors (Lipinski definition) is 1. The molecule has 0 radical (unpaired) electrons. The maximum atomic E-state index is 13.7. The maximum Gasteiger partial charge on any atom is 0.126 e. The quantitative estimate of drug-likeness (QED) is 0.886. The van der Waals surface area contributed by atoms with Gasteiger partial charge < -0.3 is 10.2 Å². The Morgan fingerprint density at radius 2 is 2.15 bits per heavy atom. The standard InChI is InChI=1S/C17H27FN2/c1-13-5-6-14(11-15(13)18)16(19-4)7-9-20-10-8-17(2,3)12-20/h5-6,11,16,19H,7-10,12H2,1-4H3. The summed E-state index contributed by atoms with van der Waals surface area (Å²) in [5.41, 5.74) is 2.21. The average molecular weight is 278 g/mol. The zero-order chi connectivity index (χ0) is 14.8. The zero-order valence-electron chi connectivity index (χ0n) is 13.2. The number of nitrogens with one attached hydrogen (secondary N) is 1.